The van der Waals surface area contributed by atoms with E-state index in [-0.39, 0.29) is 25.4 Å². The van der Waals surface area contributed by atoms with Crippen molar-refractivity contribution in [2.75, 3.05) is 27.9 Å². The third kappa shape index (κ3) is 5.70. The van der Waals surface area contributed by atoms with Gasteiger partial charge in [0.25, 0.3) is 5.91 Å². The zero-order valence-electron chi connectivity index (χ0n) is 16.2. The summed E-state index contributed by atoms with van der Waals surface area (Å²) in [5.41, 5.74) is 1.21. The fourth-order valence-electron chi connectivity index (χ4n) is 2.68. The summed E-state index contributed by atoms with van der Waals surface area (Å²) in [6.45, 7) is -0.289. The largest absolute Gasteiger partial charge is 0.493 e. The lowest BCUT2D eigenvalue weighted by Gasteiger charge is -2.17. The van der Waals surface area contributed by atoms with Crippen LogP contribution >= 0.6 is 0 Å². The minimum Gasteiger partial charge on any atom is -0.493 e. The molecule has 0 radical (unpaired) electrons. The summed E-state index contributed by atoms with van der Waals surface area (Å²) in [6.07, 6.45) is 0.478. The highest BCUT2D eigenvalue weighted by Crippen LogP contribution is 2.31. The number of amides is 1. The predicted molar refractivity (Wildman–Crippen MR) is 102 cm³/mol. The Balaban J connectivity index is 1.82. The molecule has 1 amide bonds. The highest BCUT2D eigenvalue weighted by molar-refractivity contribution is 5.80. The van der Waals surface area contributed by atoms with Crippen LogP contribution in [0.1, 0.15) is 17.5 Å². The third-order valence-electron chi connectivity index (χ3n) is 4.23. The highest BCUT2D eigenvalue weighted by atomic mass is 19.1. The van der Waals surface area contributed by atoms with E-state index in [4.69, 9.17) is 14.2 Å². The number of methoxy groups -OCH3 is 2. The lowest BCUT2D eigenvalue weighted by molar-refractivity contribution is -0.151. The van der Waals surface area contributed by atoms with Crippen LogP contribution in [0.25, 0.3) is 0 Å². The van der Waals surface area contributed by atoms with Gasteiger partial charge in [-0.2, -0.15) is 0 Å². The van der Waals surface area contributed by atoms with Gasteiger partial charge in [-0.1, -0.05) is 30.3 Å². The van der Waals surface area contributed by atoms with Crippen LogP contribution in [0.4, 0.5) is 4.39 Å². The number of nitrogens with zero attached hydrogens (tertiary/aromatic N) is 1. The molecule has 7 heteroatoms. The van der Waals surface area contributed by atoms with Crippen LogP contribution in [0.2, 0.25) is 0 Å². The predicted octanol–water partition coefficient (Wildman–Crippen LogP) is 2.98. The van der Waals surface area contributed by atoms with E-state index in [9.17, 15) is 14.0 Å². The molecule has 0 saturated carbocycles. The minimum atomic E-state index is -0.502. The Morgan fingerprint density at radius 1 is 1.00 bits per heavy atom. The van der Waals surface area contributed by atoms with E-state index in [1.54, 1.807) is 31.4 Å². The summed E-state index contributed by atoms with van der Waals surface area (Å²) >= 11 is 0. The van der Waals surface area contributed by atoms with Crippen molar-refractivity contribution in [1.82, 2.24) is 4.90 Å². The number of carbonyl (C=O) groups is 2. The first kappa shape index (κ1) is 21.2. The summed E-state index contributed by atoms with van der Waals surface area (Å²) in [5, 5.41) is 0. The van der Waals surface area contributed by atoms with E-state index in [2.05, 4.69) is 0 Å². The van der Waals surface area contributed by atoms with Gasteiger partial charge >= 0.3 is 5.97 Å². The quantitative estimate of drug-likeness (QED) is 0.617. The van der Waals surface area contributed by atoms with Crippen LogP contribution in [0.3, 0.4) is 0 Å². The topological polar surface area (TPSA) is 65.1 Å². The molecule has 0 fully saturated rings. The van der Waals surface area contributed by atoms with Crippen LogP contribution in [0.15, 0.2) is 42.5 Å². The van der Waals surface area contributed by atoms with Gasteiger partial charge in [0, 0.05) is 25.6 Å². The Morgan fingerprint density at radius 2 is 1.71 bits per heavy atom. The number of carbonyl (C=O) groups excluding carboxylic acids is 2. The Morgan fingerprint density at radius 3 is 2.39 bits per heavy atom. The van der Waals surface area contributed by atoms with Gasteiger partial charge in [-0.25, -0.2) is 4.39 Å². The monoisotopic (exact) mass is 389 g/mol. The molecule has 28 heavy (non-hydrogen) atoms. The molecule has 0 N–H and O–H groups in total. The van der Waals surface area contributed by atoms with Crippen LogP contribution in [0, 0.1) is 5.82 Å². The average Bonchev–Trinajstić information content (AvgIpc) is 2.71. The van der Waals surface area contributed by atoms with Gasteiger partial charge in [0.2, 0.25) is 0 Å². The Bertz CT molecular complexity index is 824. The molecular formula is C21H24FNO5. The molecular weight excluding hydrogens is 365 g/mol. The maximum Gasteiger partial charge on any atom is 0.306 e. The van der Waals surface area contributed by atoms with Gasteiger partial charge in [0.05, 0.1) is 14.2 Å². The molecule has 2 rings (SSSR count). The van der Waals surface area contributed by atoms with Crippen molar-refractivity contribution >= 4 is 11.9 Å². The third-order valence-corrected chi connectivity index (χ3v) is 4.23. The number of aryl methyl sites for hydroxylation is 1. The second-order valence-corrected chi connectivity index (χ2v) is 6.15. The zero-order valence-corrected chi connectivity index (χ0v) is 16.2. The molecule has 0 bridgehead atoms. The Labute approximate surface area is 163 Å². The molecule has 0 aliphatic heterocycles. The van der Waals surface area contributed by atoms with E-state index >= 15 is 0 Å². The van der Waals surface area contributed by atoms with E-state index < -0.39 is 11.9 Å². The summed E-state index contributed by atoms with van der Waals surface area (Å²) in [5.74, 6) is -0.142. The Kier molecular flexibility index (Phi) is 7.80. The van der Waals surface area contributed by atoms with Crippen molar-refractivity contribution < 1.29 is 28.2 Å². The molecule has 0 heterocycles. The maximum absolute atomic E-state index is 13.7. The molecule has 0 saturated heterocycles. The fraction of sp³-hybridized carbons (Fsp3) is 0.333. The molecule has 0 unspecified atom stereocenters. The van der Waals surface area contributed by atoms with E-state index in [0.717, 1.165) is 5.56 Å². The minimum absolute atomic E-state index is 0.0911. The van der Waals surface area contributed by atoms with Crippen molar-refractivity contribution in [2.24, 2.45) is 0 Å². The summed E-state index contributed by atoms with van der Waals surface area (Å²) in [6, 6.07) is 11.6. The molecule has 2 aromatic rings. The molecule has 0 aliphatic rings. The van der Waals surface area contributed by atoms with Gasteiger partial charge in [0.15, 0.2) is 18.1 Å². The summed E-state index contributed by atoms with van der Waals surface area (Å²) in [7, 11) is 4.60. The number of ether oxygens (including phenoxy) is 3. The van der Waals surface area contributed by atoms with Crippen molar-refractivity contribution in [2.45, 2.75) is 19.4 Å². The van der Waals surface area contributed by atoms with Crippen LogP contribution in [-0.4, -0.2) is 44.7 Å². The lowest BCUT2D eigenvalue weighted by Crippen LogP contribution is -2.31. The first-order chi connectivity index (χ1) is 13.5. The number of para-hydroxylation sites is 1. The fourth-order valence-corrected chi connectivity index (χ4v) is 2.68. The Hall–Kier alpha value is -3.09. The first-order valence-electron chi connectivity index (χ1n) is 8.79. The van der Waals surface area contributed by atoms with E-state index in [0.29, 0.717) is 23.5 Å². The molecule has 0 spiro atoms. The van der Waals surface area contributed by atoms with Gasteiger partial charge in [-0.3, -0.25) is 9.59 Å². The van der Waals surface area contributed by atoms with Gasteiger partial charge in [0.1, 0.15) is 5.82 Å². The van der Waals surface area contributed by atoms with Gasteiger partial charge < -0.3 is 19.1 Å². The van der Waals surface area contributed by atoms with E-state index in [1.807, 2.05) is 12.1 Å². The molecule has 0 atom stereocenters. The lowest BCUT2D eigenvalue weighted by atomic mass is 10.1. The SMILES string of the molecule is COc1cccc(CCC(=O)OCC(=O)N(C)Cc2ccccc2F)c1OC. The highest BCUT2D eigenvalue weighted by Gasteiger charge is 2.15. The number of rotatable bonds is 9. The number of hydrogen-bond acceptors (Lipinski definition) is 5. The average molecular weight is 389 g/mol. The van der Waals surface area contributed by atoms with Crippen molar-refractivity contribution in [3.05, 3.63) is 59.4 Å². The summed E-state index contributed by atoms with van der Waals surface area (Å²) in [4.78, 5) is 25.4. The zero-order chi connectivity index (χ0) is 20.5. The maximum atomic E-state index is 13.7. The van der Waals surface area contributed by atoms with Crippen LogP contribution in [-0.2, 0) is 27.3 Å². The normalized spacial score (nSPS) is 10.3. The number of likely N-dealkylation sites (N-methyl/N-ethyl adjacent to an activating group) is 1. The number of halogens is 1. The molecule has 2 aromatic carbocycles. The first-order valence-corrected chi connectivity index (χ1v) is 8.79. The number of hydrogen-bond donors (Lipinski definition) is 0. The van der Waals surface area contributed by atoms with Crippen LogP contribution in [0.5, 0.6) is 11.5 Å². The van der Waals surface area contributed by atoms with Gasteiger partial charge in [-0.15, -0.1) is 0 Å². The standard InChI is InChI=1S/C21H24FNO5/c1-23(13-16-7-4-5-9-17(16)22)19(24)14-28-20(25)12-11-15-8-6-10-18(26-2)21(15)27-3/h4-10H,11-14H2,1-3H3. The molecule has 6 nitrogen and oxygen atoms in total. The van der Waals surface area contributed by atoms with Gasteiger partial charge in [-0.05, 0) is 24.1 Å². The van der Waals surface area contributed by atoms with Crippen molar-refractivity contribution in [3.8, 4) is 11.5 Å². The summed E-state index contributed by atoms with van der Waals surface area (Å²) < 4.78 is 29.3. The molecule has 0 aromatic heterocycles. The van der Waals surface area contributed by atoms with Crippen molar-refractivity contribution in [3.63, 3.8) is 0 Å². The number of esters is 1. The second-order valence-electron chi connectivity index (χ2n) is 6.15. The number of benzene rings is 2. The molecule has 0 aliphatic carbocycles. The molecule has 150 valence electrons. The smallest absolute Gasteiger partial charge is 0.306 e. The van der Waals surface area contributed by atoms with Crippen LogP contribution < -0.4 is 9.47 Å². The van der Waals surface area contributed by atoms with Crippen molar-refractivity contribution in [1.29, 1.82) is 0 Å². The van der Waals surface area contributed by atoms with E-state index in [1.165, 1.54) is 25.1 Å². The second kappa shape index (κ2) is 10.3.